The van der Waals surface area contributed by atoms with E-state index in [2.05, 4.69) is 65.8 Å². The van der Waals surface area contributed by atoms with Crippen molar-refractivity contribution in [1.29, 1.82) is 0 Å². The monoisotopic (exact) mass is 399 g/mol. The number of H-pyrrole nitrogens is 1. The molecule has 3 nitrogen and oxygen atoms in total. The molecule has 3 aromatic rings. The first-order valence-electron chi connectivity index (χ1n) is 5.01. The zero-order chi connectivity index (χ0) is 11.8. The van der Waals surface area contributed by atoms with E-state index >= 15 is 0 Å². The number of aromatic nitrogens is 3. The zero-order valence-corrected chi connectivity index (χ0v) is 12.4. The number of hydrogen-bond donors (Lipinski definition) is 1. The van der Waals surface area contributed by atoms with E-state index in [9.17, 15) is 0 Å². The Morgan fingerprint density at radius 1 is 1.18 bits per heavy atom. The third-order valence-electron chi connectivity index (χ3n) is 2.51. The Kier molecular flexibility index (Phi) is 2.87. The fourth-order valence-electron chi connectivity index (χ4n) is 1.76. The lowest BCUT2D eigenvalue weighted by Gasteiger charge is -2.00. The second-order valence-corrected chi connectivity index (χ2v) is 5.56. The normalized spacial score (nSPS) is 10.9. The van der Waals surface area contributed by atoms with Crippen LogP contribution in [-0.2, 0) is 0 Å². The highest BCUT2D eigenvalue weighted by molar-refractivity contribution is 14.1. The number of hydrogen-bond acceptors (Lipinski definition) is 2. The van der Waals surface area contributed by atoms with E-state index in [-0.39, 0.29) is 0 Å². The van der Waals surface area contributed by atoms with Crippen LogP contribution in [0.2, 0.25) is 0 Å². The molecular formula is C12H7BrIN3. The Morgan fingerprint density at radius 3 is 2.71 bits per heavy atom. The molecule has 0 radical (unpaired) electrons. The Morgan fingerprint density at radius 2 is 1.94 bits per heavy atom. The molecule has 1 aromatic carbocycles. The third kappa shape index (κ3) is 1.97. The van der Waals surface area contributed by atoms with Gasteiger partial charge in [0, 0.05) is 9.13 Å². The van der Waals surface area contributed by atoms with Crippen molar-refractivity contribution in [2.24, 2.45) is 0 Å². The molecule has 2 aromatic heterocycles. The maximum absolute atomic E-state index is 4.35. The van der Waals surface area contributed by atoms with Gasteiger partial charge in [-0.25, -0.2) is 4.98 Å². The minimum Gasteiger partial charge on any atom is -0.275 e. The number of pyridine rings is 1. The van der Waals surface area contributed by atoms with Crippen LogP contribution in [-0.4, -0.2) is 15.2 Å². The largest absolute Gasteiger partial charge is 0.275 e. The number of aromatic amines is 1. The predicted molar refractivity (Wildman–Crippen MR) is 79.7 cm³/mol. The molecule has 0 aliphatic carbocycles. The molecule has 5 heteroatoms. The summed E-state index contributed by atoms with van der Waals surface area (Å²) in [5.41, 5.74) is 2.88. The second kappa shape index (κ2) is 4.38. The number of nitrogens with one attached hydrogen (secondary N) is 1. The maximum atomic E-state index is 4.35. The van der Waals surface area contributed by atoms with Crippen LogP contribution in [0.25, 0.3) is 22.3 Å². The number of nitrogens with zero attached hydrogens (tertiary/aromatic N) is 2. The lowest BCUT2D eigenvalue weighted by molar-refractivity contribution is 1.10. The summed E-state index contributed by atoms with van der Waals surface area (Å²) in [6.07, 6.45) is 0. The Hall–Kier alpha value is -0.950. The van der Waals surface area contributed by atoms with Crippen LogP contribution in [0.15, 0.2) is 41.0 Å². The Balaban J connectivity index is 2.32. The van der Waals surface area contributed by atoms with Crippen molar-refractivity contribution < 1.29 is 0 Å². The molecule has 0 amide bonds. The fraction of sp³-hybridized carbons (Fsp3) is 0. The summed E-state index contributed by atoms with van der Waals surface area (Å²) in [7, 11) is 0. The van der Waals surface area contributed by atoms with Gasteiger partial charge in [0.05, 0.1) is 11.1 Å². The van der Waals surface area contributed by atoms with Gasteiger partial charge in [0.1, 0.15) is 4.60 Å². The number of halogens is 2. The molecule has 17 heavy (non-hydrogen) atoms. The summed E-state index contributed by atoms with van der Waals surface area (Å²) >= 11 is 5.68. The smallest absolute Gasteiger partial charge is 0.183 e. The second-order valence-electron chi connectivity index (χ2n) is 3.59. The molecule has 0 aliphatic rings. The molecular weight excluding hydrogens is 393 g/mol. The first-order chi connectivity index (χ1) is 8.25. The predicted octanol–water partition coefficient (Wildman–Crippen LogP) is 3.99. The maximum Gasteiger partial charge on any atom is 0.183 e. The summed E-state index contributed by atoms with van der Waals surface area (Å²) < 4.78 is 1.94. The van der Waals surface area contributed by atoms with Gasteiger partial charge >= 0.3 is 0 Å². The van der Waals surface area contributed by atoms with Crippen molar-refractivity contribution in [2.45, 2.75) is 0 Å². The third-order valence-corrected chi connectivity index (χ3v) is 3.76. The van der Waals surface area contributed by atoms with E-state index in [1.165, 1.54) is 0 Å². The first-order valence-corrected chi connectivity index (χ1v) is 6.88. The van der Waals surface area contributed by atoms with Crippen molar-refractivity contribution in [3.8, 4) is 11.3 Å². The van der Waals surface area contributed by atoms with Gasteiger partial charge in [-0.2, -0.15) is 5.10 Å². The lowest BCUT2D eigenvalue weighted by Crippen LogP contribution is -1.83. The molecule has 1 N–H and O–H groups in total. The van der Waals surface area contributed by atoms with Gasteiger partial charge in [0.2, 0.25) is 0 Å². The number of benzene rings is 1. The van der Waals surface area contributed by atoms with Crippen LogP contribution >= 0.6 is 38.5 Å². The van der Waals surface area contributed by atoms with Gasteiger partial charge in [-0.15, -0.1) is 0 Å². The molecule has 0 aliphatic heterocycles. The van der Waals surface area contributed by atoms with Gasteiger partial charge < -0.3 is 0 Å². The molecule has 0 atom stereocenters. The minimum atomic E-state index is 0.739. The Bertz CT molecular complexity index is 679. The van der Waals surface area contributed by atoms with Crippen LogP contribution in [0, 0.1) is 3.57 Å². The quantitative estimate of drug-likeness (QED) is 0.496. The van der Waals surface area contributed by atoms with Gasteiger partial charge in [0.15, 0.2) is 5.65 Å². The van der Waals surface area contributed by atoms with Crippen molar-refractivity contribution in [3.05, 3.63) is 44.6 Å². The number of fused-ring (bicyclic) bond motifs is 1. The van der Waals surface area contributed by atoms with Crippen LogP contribution in [0.3, 0.4) is 0 Å². The summed E-state index contributed by atoms with van der Waals surface area (Å²) in [6, 6.07) is 12.1. The highest BCUT2D eigenvalue weighted by atomic mass is 127. The Labute approximate surface area is 120 Å². The zero-order valence-electron chi connectivity index (χ0n) is 8.61. The van der Waals surface area contributed by atoms with E-state index in [1.54, 1.807) is 0 Å². The van der Waals surface area contributed by atoms with E-state index in [4.69, 9.17) is 0 Å². The average Bonchev–Trinajstić information content (AvgIpc) is 2.74. The topological polar surface area (TPSA) is 41.6 Å². The molecule has 0 bridgehead atoms. The highest BCUT2D eigenvalue weighted by Gasteiger charge is 2.12. The van der Waals surface area contributed by atoms with Gasteiger partial charge in [-0.05, 0) is 44.6 Å². The van der Waals surface area contributed by atoms with Crippen molar-refractivity contribution in [1.82, 2.24) is 15.2 Å². The summed E-state index contributed by atoms with van der Waals surface area (Å²) in [6.45, 7) is 0. The van der Waals surface area contributed by atoms with Gasteiger partial charge in [-0.3, -0.25) is 5.10 Å². The molecule has 0 saturated heterocycles. The highest BCUT2D eigenvalue weighted by Crippen LogP contribution is 2.30. The fourth-order valence-corrected chi connectivity index (χ4v) is 3.39. The van der Waals surface area contributed by atoms with Crippen molar-refractivity contribution >= 4 is 49.6 Å². The van der Waals surface area contributed by atoms with Gasteiger partial charge in [0.25, 0.3) is 0 Å². The summed E-state index contributed by atoms with van der Waals surface area (Å²) in [5.74, 6) is 0. The standard InChI is InChI=1S/C12H7BrIN3/c13-9-6-8(14)10-11(16-17-12(10)15-9)7-4-2-1-3-5-7/h1-6H,(H,15,16,17). The average molecular weight is 400 g/mol. The molecule has 3 rings (SSSR count). The van der Waals surface area contributed by atoms with Crippen LogP contribution in [0.1, 0.15) is 0 Å². The van der Waals surface area contributed by atoms with Gasteiger partial charge in [-0.1, -0.05) is 30.3 Å². The van der Waals surface area contributed by atoms with E-state index < -0.39 is 0 Å². The van der Waals surface area contributed by atoms with E-state index in [0.717, 1.165) is 30.5 Å². The molecule has 84 valence electrons. The van der Waals surface area contributed by atoms with Crippen molar-refractivity contribution in [3.63, 3.8) is 0 Å². The molecule has 2 heterocycles. The van der Waals surface area contributed by atoms with Crippen LogP contribution in [0.4, 0.5) is 0 Å². The number of rotatable bonds is 1. The van der Waals surface area contributed by atoms with Crippen molar-refractivity contribution in [2.75, 3.05) is 0 Å². The minimum absolute atomic E-state index is 0.739. The molecule has 0 saturated carbocycles. The summed E-state index contributed by atoms with van der Waals surface area (Å²) in [4.78, 5) is 4.35. The lowest BCUT2D eigenvalue weighted by atomic mass is 10.1. The van der Waals surface area contributed by atoms with E-state index in [1.807, 2.05) is 24.3 Å². The molecule has 0 unspecified atom stereocenters. The molecule has 0 fully saturated rings. The van der Waals surface area contributed by atoms with Crippen LogP contribution < -0.4 is 0 Å². The SMILES string of the molecule is Brc1cc(I)c2c(-c3ccccc3)[nH]nc2n1. The molecule has 0 spiro atoms. The van der Waals surface area contributed by atoms with Crippen LogP contribution in [0.5, 0.6) is 0 Å². The first kappa shape index (κ1) is 11.2. The summed E-state index contributed by atoms with van der Waals surface area (Å²) in [5, 5.41) is 8.38. The van der Waals surface area contributed by atoms with E-state index in [0.29, 0.717) is 0 Å².